The van der Waals surface area contributed by atoms with E-state index in [1.165, 1.54) is 42.5 Å². The maximum Gasteiger partial charge on any atom is 0.418 e. The number of aliphatic imine (C=N–C) groups is 1. The molecule has 2 heterocycles. The number of nitrogens with zero attached hydrogens (tertiary/aromatic N) is 4. The van der Waals surface area contributed by atoms with E-state index in [2.05, 4.69) is 29.5 Å². The molecule has 9 nitrogen and oxygen atoms in total. The van der Waals surface area contributed by atoms with Crippen LogP contribution in [0.2, 0.25) is 25.7 Å². The van der Waals surface area contributed by atoms with Gasteiger partial charge in [0.2, 0.25) is 5.69 Å². The van der Waals surface area contributed by atoms with Crippen LogP contribution in [0.1, 0.15) is 56.5 Å². The van der Waals surface area contributed by atoms with Crippen LogP contribution < -0.4 is 0 Å². The van der Waals surface area contributed by atoms with Crippen LogP contribution in [0.4, 0.5) is 19.3 Å². The Hall–Kier alpha value is -3.60. The van der Waals surface area contributed by atoms with Crippen LogP contribution >= 0.6 is 11.8 Å². The number of ether oxygens (including phenoxy) is 3. The zero-order valence-electron chi connectivity index (χ0n) is 28.4. The van der Waals surface area contributed by atoms with E-state index in [1.807, 2.05) is 0 Å². The Morgan fingerprint density at radius 2 is 1.96 bits per heavy atom. The fraction of sp³-hybridized carbons (Fsp3) is 0.500. The van der Waals surface area contributed by atoms with Gasteiger partial charge in [-0.05, 0) is 82.5 Å². The minimum absolute atomic E-state index is 0.0675. The summed E-state index contributed by atoms with van der Waals surface area (Å²) in [4.78, 5) is 40.5. The Morgan fingerprint density at radius 3 is 2.55 bits per heavy atom. The van der Waals surface area contributed by atoms with E-state index in [-0.39, 0.29) is 23.2 Å². The topological polar surface area (TPSA) is 94.7 Å². The van der Waals surface area contributed by atoms with E-state index in [4.69, 9.17) is 25.8 Å². The quantitative estimate of drug-likeness (QED) is 0.0862. The van der Waals surface area contributed by atoms with Crippen LogP contribution in [0.15, 0.2) is 35.5 Å². The molecular weight excluding hydrogens is 643 g/mol. The number of methoxy groups -OCH3 is 1. The Morgan fingerprint density at radius 1 is 1.26 bits per heavy atom. The van der Waals surface area contributed by atoms with E-state index in [0.717, 1.165) is 17.8 Å². The van der Waals surface area contributed by atoms with Gasteiger partial charge >= 0.3 is 12.1 Å². The highest BCUT2D eigenvalue weighted by molar-refractivity contribution is 8.15. The molecule has 0 saturated heterocycles. The lowest BCUT2D eigenvalue weighted by atomic mass is 9.84. The average Bonchev–Trinajstić information content (AvgIpc) is 3.73. The highest BCUT2D eigenvalue weighted by atomic mass is 32.2. The first-order valence-electron chi connectivity index (χ1n) is 15.3. The summed E-state index contributed by atoms with van der Waals surface area (Å²) in [7, 11) is -0.147. The first-order chi connectivity index (χ1) is 21.8. The van der Waals surface area contributed by atoms with Gasteiger partial charge in [0.05, 0.1) is 24.9 Å². The van der Waals surface area contributed by atoms with E-state index in [0.29, 0.717) is 29.8 Å². The van der Waals surface area contributed by atoms with Gasteiger partial charge in [0, 0.05) is 32.4 Å². The molecule has 4 rings (SSSR count). The zero-order valence-corrected chi connectivity index (χ0v) is 30.2. The molecule has 1 amide bonds. The molecule has 47 heavy (non-hydrogen) atoms. The van der Waals surface area contributed by atoms with Gasteiger partial charge in [0.15, 0.2) is 5.17 Å². The molecule has 13 heteroatoms. The van der Waals surface area contributed by atoms with Gasteiger partial charge in [-0.1, -0.05) is 37.5 Å². The van der Waals surface area contributed by atoms with Crippen LogP contribution in [0.3, 0.4) is 0 Å². The molecule has 1 aliphatic heterocycles. The molecule has 1 fully saturated rings. The van der Waals surface area contributed by atoms with Crippen molar-refractivity contribution in [2.24, 2.45) is 10.9 Å². The number of hydrogen-bond donors (Lipinski definition) is 0. The van der Waals surface area contributed by atoms with Crippen molar-refractivity contribution in [1.82, 2.24) is 9.88 Å². The Kier molecular flexibility index (Phi) is 10.4. The van der Waals surface area contributed by atoms with Crippen LogP contribution in [0.25, 0.3) is 16.7 Å². The van der Waals surface area contributed by atoms with Crippen molar-refractivity contribution in [1.29, 1.82) is 0 Å². The van der Waals surface area contributed by atoms with Crippen molar-refractivity contribution in [3.63, 3.8) is 0 Å². The summed E-state index contributed by atoms with van der Waals surface area (Å²) >= 11 is 1.09. The molecule has 0 unspecified atom stereocenters. The Labute approximate surface area is 280 Å². The number of hydrogen-bond acceptors (Lipinski definition) is 8. The minimum Gasteiger partial charge on any atom is -0.468 e. The smallest absolute Gasteiger partial charge is 0.418 e. The number of amides is 1. The van der Waals surface area contributed by atoms with E-state index in [1.54, 1.807) is 40.7 Å². The van der Waals surface area contributed by atoms with Crippen molar-refractivity contribution < 1.29 is 32.6 Å². The number of amidine groups is 1. The number of halogens is 2. The van der Waals surface area contributed by atoms with E-state index >= 15 is 8.78 Å². The number of carbonyl (C=O) groups excluding carboxylic acids is 2. The largest absolute Gasteiger partial charge is 0.468 e. The predicted octanol–water partition coefficient (Wildman–Crippen LogP) is 8.35. The van der Waals surface area contributed by atoms with Gasteiger partial charge in [-0.25, -0.2) is 23.3 Å². The fourth-order valence-electron chi connectivity index (χ4n) is 5.42. The summed E-state index contributed by atoms with van der Waals surface area (Å²) in [6, 6.07) is 6.57. The first-order valence-corrected chi connectivity index (χ1v) is 19.8. The number of esters is 1. The molecule has 1 aliphatic carbocycles. The number of aryl methyl sites for hydroxylation is 1. The second-order valence-corrected chi connectivity index (χ2v) is 21.2. The molecule has 2 aliphatic rings. The van der Waals surface area contributed by atoms with Gasteiger partial charge in [-0.2, -0.15) is 0 Å². The molecule has 0 bridgehead atoms. The van der Waals surface area contributed by atoms with Crippen molar-refractivity contribution in [3.05, 3.63) is 70.1 Å². The second kappa shape index (κ2) is 13.5. The zero-order chi connectivity index (χ0) is 34.9. The standard InChI is InChI=1S/C34H42F2N4O5SSi/c1-21-15-23(37-6)19-38-28(21)26(36)17-22-11-12-25(35)24(16-22)33(5)27-18-34(27,29(41)43-7)46-30(39-33)40(31(42)45-32(2,3)4)20-44-13-14-47(8,9)10/h11-12,15-17,19,27H,13-14,18,20H2,1-5,7-10H3/b26-17-/t27-,33+,34-/m0/s1. The molecule has 1 saturated carbocycles. The molecule has 1 aromatic heterocycles. The summed E-state index contributed by atoms with van der Waals surface area (Å²) in [5.41, 5.74) is -0.867. The molecule has 2 aromatic rings. The minimum atomic E-state index is -1.44. The van der Waals surface area contributed by atoms with E-state index < -0.39 is 53.6 Å². The van der Waals surface area contributed by atoms with Crippen molar-refractivity contribution in [2.75, 3.05) is 20.4 Å². The molecule has 3 atom stereocenters. The van der Waals surface area contributed by atoms with Gasteiger partial charge < -0.3 is 14.2 Å². The molecule has 0 radical (unpaired) electrons. The summed E-state index contributed by atoms with van der Waals surface area (Å²) < 4.78 is 47.0. The fourth-order valence-corrected chi connectivity index (χ4v) is 7.76. The summed E-state index contributed by atoms with van der Waals surface area (Å²) in [5, 5.41) is 0.139. The summed E-state index contributed by atoms with van der Waals surface area (Å²) in [6.45, 7) is 22.6. The molecule has 1 aromatic carbocycles. The first kappa shape index (κ1) is 36.2. The maximum absolute atomic E-state index is 15.8. The third-order valence-electron chi connectivity index (χ3n) is 8.03. The van der Waals surface area contributed by atoms with E-state index in [9.17, 15) is 9.59 Å². The Balaban J connectivity index is 1.79. The van der Waals surface area contributed by atoms with Crippen LogP contribution in [0, 0.1) is 25.2 Å². The van der Waals surface area contributed by atoms with Crippen molar-refractivity contribution in [3.8, 4) is 0 Å². The average molecular weight is 685 g/mol. The maximum atomic E-state index is 15.8. The van der Waals surface area contributed by atoms with Crippen LogP contribution in [-0.2, 0) is 24.5 Å². The monoisotopic (exact) mass is 684 g/mol. The number of thioether (sulfide) groups is 1. The lowest BCUT2D eigenvalue weighted by Gasteiger charge is -2.37. The number of pyridine rings is 1. The second-order valence-electron chi connectivity index (χ2n) is 14.2. The normalized spacial score (nSPS) is 22.5. The van der Waals surface area contributed by atoms with Crippen molar-refractivity contribution in [2.45, 2.75) is 82.6 Å². The molecule has 0 N–H and O–H groups in total. The number of carbonyl (C=O) groups is 2. The third kappa shape index (κ3) is 8.10. The van der Waals surface area contributed by atoms with Crippen LogP contribution in [-0.4, -0.2) is 66.0 Å². The number of benzene rings is 1. The number of fused-ring (bicyclic) bond motifs is 1. The highest BCUT2D eigenvalue weighted by Crippen LogP contribution is 2.67. The van der Waals surface area contributed by atoms with Gasteiger partial charge in [-0.3, -0.25) is 14.8 Å². The number of aromatic nitrogens is 1. The molecular formula is C34H42F2N4O5SSi. The van der Waals surface area contributed by atoms with Crippen LogP contribution in [0.5, 0.6) is 0 Å². The Bertz CT molecular complexity index is 1660. The highest BCUT2D eigenvalue weighted by Gasteiger charge is 2.72. The number of rotatable bonds is 9. The third-order valence-corrected chi connectivity index (χ3v) is 11.2. The lowest BCUT2D eigenvalue weighted by Crippen LogP contribution is -2.47. The molecule has 252 valence electrons. The van der Waals surface area contributed by atoms with Crippen molar-refractivity contribution >= 4 is 54.7 Å². The lowest BCUT2D eigenvalue weighted by molar-refractivity contribution is -0.141. The van der Waals surface area contributed by atoms with Gasteiger partial charge in [0.1, 0.15) is 28.7 Å². The predicted molar refractivity (Wildman–Crippen MR) is 183 cm³/mol. The van der Waals surface area contributed by atoms with Gasteiger partial charge in [-0.15, -0.1) is 0 Å². The SMILES string of the molecule is [C-]#[N+]c1cnc(/C(F)=C/c2ccc(F)c([C@@]3(C)N=C(N(COCC[Si](C)(C)C)C(=O)OC(C)(C)C)S[C@@]4(C(=O)OC)C[C@H]43)c2)c(C)c1. The van der Waals surface area contributed by atoms with Gasteiger partial charge in [0.25, 0.3) is 0 Å². The molecule has 0 spiro atoms. The summed E-state index contributed by atoms with van der Waals surface area (Å²) in [6.07, 6.45) is 2.13. The summed E-state index contributed by atoms with van der Waals surface area (Å²) in [5.74, 6) is -2.25.